The van der Waals surface area contributed by atoms with E-state index in [2.05, 4.69) is 5.92 Å². The van der Waals surface area contributed by atoms with Crippen molar-refractivity contribution in [3.05, 3.63) is 34.4 Å². The highest BCUT2D eigenvalue weighted by Gasteiger charge is 2.38. The zero-order valence-corrected chi connectivity index (χ0v) is 15.1. The summed E-state index contributed by atoms with van der Waals surface area (Å²) in [6, 6.07) is 3.80. The molecular formula is C22H26O3. The molecule has 1 aromatic carbocycles. The summed E-state index contributed by atoms with van der Waals surface area (Å²) < 4.78 is 5.40. The number of ketones is 2. The third-order valence-electron chi connectivity index (χ3n) is 5.68. The van der Waals surface area contributed by atoms with E-state index < -0.39 is 5.92 Å². The molecule has 1 heterocycles. The van der Waals surface area contributed by atoms with Crippen molar-refractivity contribution in [1.82, 2.24) is 0 Å². The molecule has 2 aliphatic rings. The molecule has 1 aromatic rings. The van der Waals surface area contributed by atoms with Crippen LogP contribution < -0.4 is 0 Å². The smallest absolute Gasteiger partial charge is 0.148 e. The molecule has 0 amide bonds. The molecule has 0 unspecified atom stereocenters. The lowest BCUT2D eigenvalue weighted by Crippen LogP contribution is -2.34. The van der Waals surface area contributed by atoms with Crippen LogP contribution >= 0.6 is 0 Å². The third kappa shape index (κ3) is 3.85. The van der Waals surface area contributed by atoms with Gasteiger partial charge >= 0.3 is 0 Å². The number of hydrogen-bond acceptors (Lipinski definition) is 3. The minimum Gasteiger partial charge on any atom is -0.381 e. The highest BCUT2D eigenvalue weighted by Crippen LogP contribution is 2.37. The van der Waals surface area contributed by atoms with E-state index in [1.54, 1.807) is 0 Å². The average Bonchev–Trinajstić information content (AvgIpc) is 2.57. The minimum absolute atomic E-state index is 0.0768. The van der Waals surface area contributed by atoms with Gasteiger partial charge in [0, 0.05) is 31.6 Å². The Kier molecular flexibility index (Phi) is 5.39. The Hall–Kier alpha value is -1.92. The first kappa shape index (κ1) is 17.9. The fraction of sp³-hybridized carbons (Fsp3) is 0.545. The molecule has 1 aliphatic carbocycles. The van der Waals surface area contributed by atoms with E-state index in [4.69, 9.17) is 11.2 Å². The monoisotopic (exact) mass is 338 g/mol. The maximum Gasteiger partial charge on any atom is 0.148 e. The Morgan fingerprint density at radius 3 is 2.12 bits per heavy atom. The van der Waals surface area contributed by atoms with Crippen LogP contribution in [0.2, 0.25) is 0 Å². The lowest BCUT2D eigenvalue weighted by molar-refractivity contribution is -0.134. The molecule has 1 saturated heterocycles. The Bertz CT molecular complexity index is 678. The molecule has 3 rings (SSSR count). The van der Waals surface area contributed by atoms with Gasteiger partial charge in [-0.1, -0.05) is 5.92 Å². The quantitative estimate of drug-likeness (QED) is 0.623. The zero-order chi connectivity index (χ0) is 18.0. The maximum absolute atomic E-state index is 12.8. The summed E-state index contributed by atoms with van der Waals surface area (Å²) in [5.41, 5.74) is 3.57. The van der Waals surface area contributed by atoms with E-state index in [1.807, 2.05) is 26.0 Å². The summed E-state index contributed by atoms with van der Waals surface area (Å²) in [7, 11) is 0. The molecule has 0 bridgehead atoms. The molecular weight excluding hydrogens is 312 g/mol. The Labute approximate surface area is 150 Å². The second kappa shape index (κ2) is 7.54. The van der Waals surface area contributed by atoms with Crippen molar-refractivity contribution in [2.75, 3.05) is 13.2 Å². The number of carbonyl (C=O) groups is 2. The van der Waals surface area contributed by atoms with Gasteiger partial charge in [0.2, 0.25) is 0 Å². The van der Waals surface area contributed by atoms with Gasteiger partial charge in [-0.25, -0.2) is 0 Å². The maximum atomic E-state index is 12.8. The van der Waals surface area contributed by atoms with E-state index in [1.165, 1.54) is 0 Å². The van der Waals surface area contributed by atoms with Crippen LogP contribution in [0.25, 0.3) is 0 Å². The molecule has 3 heteroatoms. The van der Waals surface area contributed by atoms with E-state index >= 15 is 0 Å². The SMILES string of the molecule is C#Cc1cc(C)c(C2C(=O)CC(CC3CCOCC3)CC2=O)c(C)c1. The Morgan fingerprint density at radius 1 is 1.04 bits per heavy atom. The van der Waals surface area contributed by atoms with Crippen molar-refractivity contribution in [3.63, 3.8) is 0 Å². The highest BCUT2D eigenvalue weighted by atomic mass is 16.5. The van der Waals surface area contributed by atoms with Crippen molar-refractivity contribution in [2.24, 2.45) is 11.8 Å². The van der Waals surface area contributed by atoms with Crippen LogP contribution in [0, 0.1) is 38.0 Å². The highest BCUT2D eigenvalue weighted by molar-refractivity contribution is 6.10. The normalized spacial score (nSPS) is 25.0. The predicted molar refractivity (Wildman–Crippen MR) is 97.5 cm³/mol. The first-order chi connectivity index (χ1) is 12.0. The molecule has 0 radical (unpaired) electrons. The molecule has 25 heavy (non-hydrogen) atoms. The van der Waals surface area contributed by atoms with Gasteiger partial charge < -0.3 is 4.74 Å². The van der Waals surface area contributed by atoms with E-state index in [0.29, 0.717) is 18.8 Å². The molecule has 0 aromatic heterocycles. The van der Waals surface area contributed by atoms with Crippen LogP contribution in [0.3, 0.4) is 0 Å². The lowest BCUT2D eigenvalue weighted by Gasteiger charge is -2.31. The topological polar surface area (TPSA) is 43.4 Å². The van der Waals surface area contributed by atoms with E-state index in [0.717, 1.165) is 54.7 Å². The summed E-state index contributed by atoms with van der Waals surface area (Å²) in [5, 5.41) is 0. The van der Waals surface area contributed by atoms with E-state index in [-0.39, 0.29) is 17.5 Å². The largest absolute Gasteiger partial charge is 0.381 e. The number of carbonyl (C=O) groups excluding carboxylic acids is 2. The average molecular weight is 338 g/mol. The summed E-state index contributed by atoms with van der Waals surface area (Å²) in [5.74, 6) is 2.98. The lowest BCUT2D eigenvalue weighted by atomic mass is 9.71. The van der Waals surface area contributed by atoms with Crippen LogP contribution in [0.15, 0.2) is 12.1 Å². The molecule has 1 aliphatic heterocycles. The number of rotatable bonds is 3. The molecule has 0 spiro atoms. The molecule has 0 atom stereocenters. The van der Waals surface area contributed by atoms with Gasteiger partial charge in [0.1, 0.15) is 17.5 Å². The first-order valence-corrected chi connectivity index (χ1v) is 9.20. The minimum atomic E-state index is -0.599. The number of hydrogen-bond donors (Lipinski definition) is 0. The van der Waals surface area contributed by atoms with Crippen LogP contribution in [-0.4, -0.2) is 24.8 Å². The van der Waals surface area contributed by atoms with Crippen molar-refractivity contribution in [1.29, 1.82) is 0 Å². The van der Waals surface area contributed by atoms with Gasteiger partial charge in [-0.3, -0.25) is 9.59 Å². The number of aryl methyl sites for hydroxylation is 2. The fourth-order valence-electron chi connectivity index (χ4n) is 4.51. The van der Waals surface area contributed by atoms with Gasteiger partial charge in [0.15, 0.2) is 0 Å². The van der Waals surface area contributed by atoms with Crippen molar-refractivity contribution in [3.8, 4) is 12.3 Å². The standard InChI is InChI=1S/C22H26O3/c1-4-16-9-14(2)21(15(3)10-16)22-19(23)12-18(13-20(22)24)11-17-5-7-25-8-6-17/h1,9-10,17-18,22H,5-8,11-13H2,2-3H3. The van der Waals surface area contributed by atoms with Gasteiger partial charge in [-0.2, -0.15) is 0 Å². The van der Waals surface area contributed by atoms with Gasteiger partial charge in [-0.15, -0.1) is 6.42 Å². The Morgan fingerprint density at radius 2 is 1.60 bits per heavy atom. The summed E-state index contributed by atoms with van der Waals surface area (Å²) in [6.45, 7) is 5.50. The number of ether oxygens (including phenoxy) is 1. The van der Waals surface area contributed by atoms with Gasteiger partial charge in [-0.05, 0) is 73.8 Å². The fourth-order valence-corrected chi connectivity index (χ4v) is 4.51. The number of benzene rings is 1. The number of Topliss-reactive ketones (excluding diaryl/α,β-unsaturated/α-hetero) is 2. The molecule has 2 fully saturated rings. The van der Waals surface area contributed by atoms with E-state index in [9.17, 15) is 9.59 Å². The summed E-state index contributed by atoms with van der Waals surface area (Å²) in [6.07, 6.45) is 9.59. The summed E-state index contributed by atoms with van der Waals surface area (Å²) >= 11 is 0. The van der Waals surface area contributed by atoms with Crippen LogP contribution in [0.1, 0.15) is 60.3 Å². The second-order valence-electron chi connectivity index (χ2n) is 7.60. The second-order valence-corrected chi connectivity index (χ2v) is 7.60. The van der Waals surface area contributed by atoms with Crippen LogP contribution in [0.4, 0.5) is 0 Å². The molecule has 1 saturated carbocycles. The predicted octanol–water partition coefficient (Wildman–Crippen LogP) is 3.73. The first-order valence-electron chi connectivity index (χ1n) is 9.20. The van der Waals surface area contributed by atoms with Crippen LogP contribution in [0.5, 0.6) is 0 Å². The molecule has 132 valence electrons. The molecule has 3 nitrogen and oxygen atoms in total. The van der Waals surface area contributed by atoms with Crippen molar-refractivity contribution in [2.45, 2.75) is 51.9 Å². The Balaban J connectivity index is 1.76. The van der Waals surface area contributed by atoms with Crippen molar-refractivity contribution < 1.29 is 14.3 Å². The zero-order valence-electron chi connectivity index (χ0n) is 15.1. The summed E-state index contributed by atoms with van der Waals surface area (Å²) in [4.78, 5) is 25.7. The molecule has 0 N–H and O–H groups in total. The van der Waals surface area contributed by atoms with Gasteiger partial charge in [0.25, 0.3) is 0 Å². The van der Waals surface area contributed by atoms with Crippen LogP contribution in [-0.2, 0) is 14.3 Å². The number of terminal acetylenes is 1. The van der Waals surface area contributed by atoms with Crippen molar-refractivity contribution >= 4 is 11.6 Å². The third-order valence-corrected chi connectivity index (χ3v) is 5.68. The van der Waals surface area contributed by atoms with Gasteiger partial charge in [0.05, 0.1) is 0 Å².